The zero-order valence-electron chi connectivity index (χ0n) is 19.3. The molecule has 0 saturated carbocycles. The molecule has 1 aromatic heterocycles. The summed E-state index contributed by atoms with van der Waals surface area (Å²) < 4.78 is 41.2. The van der Waals surface area contributed by atoms with Crippen molar-refractivity contribution in [3.63, 3.8) is 0 Å². The largest absolute Gasteiger partial charge is 0.497 e. The van der Waals surface area contributed by atoms with Gasteiger partial charge in [0, 0.05) is 21.9 Å². The molecule has 36 heavy (non-hydrogen) atoms. The number of hydrogen-bond acceptors (Lipinski definition) is 5. The van der Waals surface area contributed by atoms with Gasteiger partial charge >= 0.3 is 0 Å². The van der Waals surface area contributed by atoms with Crippen molar-refractivity contribution in [2.75, 3.05) is 19.6 Å². The van der Waals surface area contributed by atoms with Crippen LogP contribution in [-0.2, 0) is 16.4 Å². The summed E-state index contributed by atoms with van der Waals surface area (Å²) in [5.74, 6) is 1.14. The van der Waals surface area contributed by atoms with Crippen LogP contribution in [0.4, 0.5) is 0 Å². The van der Waals surface area contributed by atoms with Crippen LogP contribution in [0.2, 0.25) is 5.02 Å². The number of nitrogens with zero attached hydrogens (tertiary/aromatic N) is 2. The van der Waals surface area contributed by atoms with Crippen LogP contribution in [-0.4, -0.2) is 37.8 Å². The van der Waals surface area contributed by atoms with Crippen LogP contribution in [0.25, 0.3) is 21.7 Å². The van der Waals surface area contributed by atoms with E-state index in [1.165, 1.54) is 7.11 Å². The Morgan fingerprint density at radius 3 is 2.50 bits per heavy atom. The number of halogens is 2. The average Bonchev–Trinajstić information content (AvgIpc) is 3.25. The number of fused-ring (bicyclic) bond motifs is 2. The second-order valence-corrected chi connectivity index (χ2v) is 10.8. The molecule has 6 nitrogen and oxygen atoms in total. The molecule has 1 heterocycles. The molecule has 9 heteroatoms. The predicted molar refractivity (Wildman–Crippen MR) is 142 cm³/mol. The standard InChI is InChI=1S/C27H22Cl2N2O4S/c1-34-21-15-23-26(24(16-21)35-13-12-28)31(17-18-6-4-9-20(29)14-18)30-27(23)36(32,33)25-11-5-8-19-7-2-3-10-22(19)25/h2-11,14-16H,12-13,17H2,1H3. The Kier molecular flexibility index (Phi) is 6.79. The quantitative estimate of drug-likeness (QED) is 0.214. The van der Waals surface area contributed by atoms with Gasteiger partial charge in [-0.1, -0.05) is 60.1 Å². The molecule has 0 aliphatic heterocycles. The van der Waals surface area contributed by atoms with Gasteiger partial charge in [0.05, 0.1) is 24.4 Å². The van der Waals surface area contributed by atoms with Gasteiger partial charge in [-0.3, -0.25) is 4.68 Å². The minimum atomic E-state index is -4.03. The summed E-state index contributed by atoms with van der Waals surface area (Å²) in [5.41, 5.74) is 1.39. The number of benzene rings is 4. The molecule has 0 atom stereocenters. The lowest BCUT2D eigenvalue weighted by molar-refractivity contribution is 0.341. The van der Waals surface area contributed by atoms with E-state index >= 15 is 0 Å². The van der Waals surface area contributed by atoms with Crippen molar-refractivity contribution in [1.82, 2.24) is 9.78 Å². The minimum absolute atomic E-state index is 0.0782. The number of ether oxygens (including phenoxy) is 2. The van der Waals surface area contributed by atoms with Crippen LogP contribution in [0.5, 0.6) is 11.5 Å². The van der Waals surface area contributed by atoms with Crippen molar-refractivity contribution in [2.24, 2.45) is 0 Å². The second kappa shape index (κ2) is 10.0. The third-order valence-electron chi connectivity index (χ3n) is 5.83. The first-order valence-electron chi connectivity index (χ1n) is 11.2. The summed E-state index contributed by atoms with van der Waals surface area (Å²) in [6.07, 6.45) is 0. The van der Waals surface area contributed by atoms with Crippen LogP contribution in [0, 0.1) is 0 Å². The molecule has 0 radical (unpaired) electrons. The lowest BCUT2D eigenvalue weighted by Crippen LogP contribution is -2.07. The fraction of sp³-hybridized carbons (Fsp3) is 0.148. The van der Waals surface area contributed by atoms with E-state index in [9.17, 15) is 8.42 Å². The second-order valence-electron chi connectivity index (χ2n) is 8.13. The average molecular weight is 541 g/mol. The highest BCUT2D eigenvalue weighted by Gasteiger charge is 2.29. The van der Waals surface area contributed by atoms with E-state index in [-0.39, 0.29) is 29.0 Å². The van der Waals surface area contributed by atoms with Crippen molar-refractivity contribution in [3.05, 3.63) is 89.4 Å². The van der Waals surface area contributed by atoms with Crippen LogP contribution in [0.3, 0.4) is 0 Å². The zero-order valence-corrected chi connectivity index (χ0v) is 21.6. The number of alkyl halides is 1. The highest BCUT2D eigenvalue weighted by atomic mass is 35.5. The third-order valence-corrected chi connectivity index (χ3v) is 7.97. The lowest BCUT2D eigenvalue weighted by atomic mass is 10.1. The van der Waals surface area contributed by atoms with Crippen LogP contribution in [0.15, 0.2) is 88.8 Å². The maximum absolute atomic E-state index is 14.1. The number of sulfone groups is 1. The Labute approximate surface area is 218 Å². The molecule has 0 aliphatic rings. The summed E-state index contributed by atoms with van der Waals surface area (Å²) in [5, 5.41) is 6.97. The molecule has 5 rings (SSSR count). The van der Waals surface area contributed by atoms with Crippen molar-refractivity contribution in [1.29, 1.82) is 0 Å². The van der Waals surface area contributed by atoms with Crippen LogP contribution >= 0.6 is 23.2 Å². The lowest BCUT2D eigenvalue weighted by Gasteiger charge is -2.11. The van der Waals surface area contributed by atoms with Gasteiger partial charge in [-0.25, -0.2) is 8.42 Å². The molecular weight excluding hydrogens is 519 g/mol. The molecule has 4 aromatic carbocycles. The monoisotopic (exact) mass is 540 g/mol. The Bertz CT molecular complexity index is 1680. The summed E-state index contributed by atoms with van der Waals surface area (Å²) >= 11 is 12.1. The van der Waals surface area contributed by atoms with Gasteiger partial charge in [-0.2, -0.15) is 5.10 Å². The van der Waals surface area contributed by atoms with E-state index in [1.807, 2.05) is 42.5 Å². The van der Waals surface area contributed by atoms with Gasteiger partial charge < -0.3 is 9.47 Å². The molecule has 0 unspecified atom stereocenters. The fourth-order valence-electron chi connectivity index (χ4n) is 4.26. The maximum atomic E-state index is 14.1. The fourth-order valence-corrected chi connectivity index (χ4v) is 6.14. The molecule has 184 valence electrons. The molecule has 0 N–H and O–H groups in total. The van der Waals surface area contributed by atoms with E-state index in [0.717, 1.165) is 10.9 Å². The number of rotatable bonds is 8. The van der Waals surface area contributed by atoms with E-state index in [0.29, 0.717) is 32.8 Å². The maximum Gasteiger partial charge on any atom is 0.226 e. The van der Waals surface area contributed by atoms with Gasteiger partial charge in [0.15, 0.2) is 5.03 Å². The van der Waals surface area contributed by atoms with Crippen LogP contribution < -0.4 is 9.47 Å². The van der Waals surface area contributed by atoms with E-state index in [2.05, 4.69) is 5.10 Å². The molecular formula is C27H22Cl2N2O4S. The Balaban J connectivity index is 1.78. The number of methoxy groups -OCH3 is 1. The third kappa shape index (κ3) is 4.50. The smallest absolute Gasteiger partial charge is 0.226 e. The van der Waals surface area contributed by atoms with Crippen molar-refractivity contribution >= 4 is 54.7 Å². The van der Waals surface area contributed by atoms with Crippen molar-refractivity contribution in [3.8, 4) is 11.5 Å². The minimum Gasteiger partial charge on any atom is -0.497 e. The van der Waals surface area contributed by atoms with Crippen molar-refractivity contribution < 1.29 is 17.9 Å². The summed E-state index contributed by atoms with van der Waals surface area (Å²) in [7, 11) is -2.51. The molecule has 5 aromatic rings. The topological polar surface area (TPSA) is 70.4 Å². The molecule has 0 fully saturated rings. The van der Waals surface area contributed by atoms with Gasteiger partial charge in [0.2, 0.25) is 9.84 Å². The molecule has 0 saturated heterocycles. The van der Waals surface area contributed by atoms with Gasteiger partial charge in [0.25, 0.3) is 0 Å². The Hall–Kier alpha value is -3.26. The molecule has 0 spiro atoms. The normalized spacial score (nSPS) is 11.8. The Morgan fingerprint density at radius 1 is 0.944 bits per heavy atom. The van der Waals surface area contributed by atoms with Crippen LogP contribution in [0.1, 0.15) is 5.56 Å². The number of hydrogen-bond donors (Lipinski definition) is 0. The van der Waals surface area contributed by atoms with Gasteiger partial charge in [-0.05, 0) is 35.2 Å². The van der Waals surface area contributed by atoms with Gasteiger partial charge in [-0.15, -0.1) is 11.6 Å². The SMILES string of the molecule is COc1cc(OCCCl)c2c(c1)c(S(=O)(=O)c1cccc3ccccc13)nn2Cc1cccc(Cl)c1. The summed E-state index contributed by atoms with van der Waals surface area (Å²) in [4.78, 5) is 0.181. The summed E-state index contributed by atoms with van der Waals surface area (Å²) in [6.45, 7) is 0.517. The molecule has 0 bridgehead atoms. The van der Waals surface area contributed by atoms with Gasteiger partial charge in [0.1, 0.15) is 23.6 Å². The molecule has 0 amide bonds. The first kappa shape index (κ1) is 24.4. The highest BCUT2D eigenvalue weighted by Crippen LogP contribution is 2.38. The zero-order chi connectivity index (χ0) is 25.3. The van der Waals surface area contributed by atoms with Crippen molar-refractivity contribution in [2.45, 2.75) is 16.5 Å². The van der Waals surface area contributed by atoms with E-state index in [1.54, 1.807) is 41.1 Å². The number of aromatic nitrogens is 2. The first-order valence-corrected chi connectivity index (χ1v) is 13.6. The highest BCUT2D eigenvalue weighted by molar-refractivity contribution is 7.91. The summed E-state index contributed by atoms with van der Waals surface area (Å²) in [6, 6.07) is 23.3. The van der Waals surface area contributed by atoms with E-state index in [4.69, 9.17) is 32.7 Å². The molecule has 0 aliphatic carbocycles. The Morgan fingerprint density at radius 2 is 1.72 bits per heavy atom. The van der Waals surface area contributed by atoms with E-state index < -0.39 is 9.84 Å². The predicted octanol–water partition coefficient (Wildman–Crippen LogP) is 6.35. The first-order chi connectivity index (χ1) is 17.4.